The van der Waals surface area contributed by atoms with Crippen LogP contribution in [0.5, 0.6) is 0 Å². The maximum atomic E-state index is 4.83. The highest BCUT2D eigenvalue weighted by molar-refractivity contribution is 5.42. The summed E-state index contributed by atoms with van der Waals surface area (Å²) in [6.07, 6.45) is 2.50. The van der Waals surface area contributed by atoms with Gasteiger partial charge in [-0.05, 0) is 57.6 Å². The summed E-state index contributed by atoms with van der Waals surface area (Å²) in [7, 11) is 0. The first-order chi connectivity index (χ1) is 9.66. The Morgan fingerprint density at radius 2 is 1.81 bits per heavy atom. The number of hydrogen-bond acceptors (Lipinski definition) is 3. The van der Waals surface area contributed by atoms with Gasteiger partial charge in [-0.1, -0.05) is 19.9 Å². The Morgan fingerprint density at radius 1 is 1.19 bits per heavy atom. The van der Waals surface area contributed by atoms with Crippen molar-refractivity contribution in [2.45, 2.75) is 66.5 Å². The van der Waals surface area contributed by atoms with Crippen molar-refractivity contribution in [1.29, 1.82) is 0 Å². The Hall–Kier alpha value is -1.09. The van der Waals surface area contributed by atoms with Gasteiger partial charge in [-0.25, -0.2) is 4.98 Å². The summed E-state index contributed by atoms with van der Waals surface area (Å²) in [5.41, 5.74) is 3.08. The highest BCUT2D eigenvalue weighted by atomic mass is 15.2. The van der Waals surface area contributed by atoms with Gasteiger partial charge < -0.3 is 10.2 Å². The molecule has 118 valence electrons. The zero-order valence-electron chi connectivity index (χ0n) is 14.6. The summed E-state index contributed by atoms with van der Waals surface area (Å²) in [6.45, 7) is 16.6. The molecule has 1 saturated heterocycles. The van der Waals surface area contributed by atoms with Crippen molar-refractivity contribution in [1.82, 2.24) is 10.3 Å². The van der Waals surface area contributed by atoms with Crippen LogP contribution in [0.25, 0.3) is 0 Å². The van der Waals surface area contributed by atoms with Gasteiger partial charge in [-0.2, -0.15) is 0 Å². The van der Waals surface area contributed by atoms with Gasteiger partial charge >= 0.3 is 0 Å². The number of piperidine rings is 1. The molecule has 21 heavy (non-hydrogen) atoms. The largest absolute Gasteiger partial charge is 0.357 e. The molecule has 0 saturated carbocycles. The molecule has 0 radical (unpaired) electrons. The highest BCUT2D eigenvalue weighted by Gasteiger charge is 2.26. The summed E-state index contributed by atoms with van der Waals surface area (Å²) in [4.78, 5) is 7.26. The third-order valence-electron chi connectivity index (χ3n) is 4.43. The number of aryl methyl sites for hydroxylation is 1. The first-order valence-electron chi connectivity index (χ1n) is 8.13. The van der Waals surface area contributed by atoms with Crippen LogP contribution in [0.3, 0.4) is 0 Å². The number of pyridine rings is 1. The predicted octanol–water partition coefficient (Wildman–Crippen LogP) is 3.90. The topological polar surface area (TPSA) is 28.2 Å². The number of nitrogens with one attached hydrogen (secondary N) is 1. The molecular formula is C18H31N3. The molecule has 0 atom stereocenters. The molecule has 0 unspecified atom stereocenters. The number of rotatable bonds is 3. The van der Waals surface area contributed by atoms with Crippen molar-refractivity contribution in [3.8, 4) is 0 Å². The Morgan fingerprint density at radius 3 is 2.33 bits per heavy atom. The first kappa shape index (κ1) is 16.3. The molecule has 0 amide bonds. The molecule has 2 heterocycles. The Bertz CT molecular complexity index is 476. The molecule has 1 aromatic heterocycles. The van der Waals surface area contributed by atoms with Crippen LogP contribution in [0.15, 0.2) is 12.1 Å². The summed E-state index contributed by atoms with van der Waals surface area (Å²) in [5, 5.41) is 3.54. The maximum absolute atomic E-state index is 4.83. The second kappa shape index (κ2) is 5.96. The zero-order valence-corrected chi connectivity index (χ0v) is 14.6. The summed E-state index contributed by atoms with van der Waals surface area (Å²) < 4.78 is 0. The standard InChI is InChI=1S/C18H31N3/c1-14-15(13-19-17(2,3)4)7-8-16(20-14)21-11-9-18(5,6)10-12-21/h7-8,19H,9-13H2,1-6H3. The molecule has 0 aromatic carbocycles. The van der Waals surface area contributed by atoms with Crippen LogP contribution >= 0.6 is 0 Å². The van der Waals surface area contributed by atoms with Crippen LogP contribution in [0.2, 0.25) is 0 Å². The molecule has 2 rings (SSSR count). The normalized spacial score (nSPS) is 18.9. The van der Waals surface area contributed by atoms with Gasteiger partial charge in [0.25, 0.3) is 0 Å². The van der Waals surface area contributed by atoms with E-state index in [1.54, 1.807) is 0 Å². The third kappa shape index (κ3) is 4.70. The van der Waals surface area contributed by atoms with Gasteiger partial charge in [0, 0.05) is 30.9 Å². The van der Waals surface area contributed by atoms with E-state index >= 15 is 0 Å². The van der Waals surface area contributed by atoms with E-state index in [-0.39, 0.29) is 5.54 Å². The predicted molar refractivity (Wildman–Crippen MR) is 90.8 cm³/mol. The van der Waals surface area contributed by atoms with Crippen molar-refractivity contribution >= 4 is 5.82 Å². The second-order valence-electron chi connectivity index (χ2n) is 8.17. The van der Waals surface area contributed by atoms with Gasteiger partial charge in [0.05, 0.1) is 0 Å². The quantitative estimate of drug-likeness (QED) is 0.914. The lowest BCUT2D eigenvalue weighted by molar-refractivity contribution is 0.279. The lowest BCUT2D eigenvalue weighted by Crippen LogP contribution is -2.38. The molecule has 3 nitrogen and oxygen atoms in total. The minimum absolute atomic E-state index is 0.142. The first-order valence-corrected chi connectivity index (χ1v) is 8.13. The molecule has 1 aliphatic rings. The molecule has 3 heteroatoms. The minimum atomic E-state index is 0.142. The van der Waals surface area contributed by atoms with Gasteiger partial charge in [-0.15, -0.1) is 0 Å². The van der Waals surface area contributed by atoms with Crippen LogP contribution in [0.1, 0.15) is 58.7 Å². The number of aromatic nitrogens is 1. The molecule has 1 fully saturated rings. The number of hydrogen-bond donors (Lipinski definition) is 1. The third-order valence-corrected chi connectivity index (χ3v) is 4.43. The fourth-order valence-corrected chi connectivity index (χ4v) is 2.64. The van der Waals surface area contributed by atoms with E-state index in [4.69, 9.17) is 4.98 Å². The van der Waals surface area contributed by atoms with E-state index in [9.17, 15) is 0 Å². The smallest absolute Gasteiger partial charge is 0.128 e. The lowest BCUT2D eigenvalue weighted by Gasteiger charge is -2.37. The molecule has 1 aliphatic heterocycles. The van der Waals surface area contributed by atoms with Crippen molar-refractivity contribution in [2.75, 3.05) is 18.0 Å². The van der Waals surface area contributed by atoms with Gasteiger partial charge in [0.15, 0.2) is 0 Å². The van der Waals surface area contributed by atoms with Crippen LogP contribution in [0.4, 0.5) is 5.82 Å². The maximum Gasteiger partial charge on any atom is 0.128 e. The van der Waals surface area contributed by atoms with E-state index in [0.29, 0.717) is 5.41 Å². The number of nitrogens with zero attached hydrogens (tertiary/aromatic N) is 2. The lowest BCUT2D eigenvalue weighted by atomic mass is 9.83. The van der Waals surface area contributed by atoms with E-state index in [2.05, 4.69) is 63.9 Å². The van der Waals surface area contributed by atoms with Crippen LogP contribution in [-0.2, 0) is 6.54 Å². The monoisotopic (exact) mass is 289 g/mol. The van der Waals surface area contributed by atoms with Crippen molar-refractivity contribution in [3.05, 3.63) is 23.4 Å². The van der Waals surface area contributed by atoms with Crippen LogP contribution in [-0.4, -0.2) is 23.6 Å². The van der Waals surface area contributed by atoms with E-state index in [0.717, 1.165) is 31.1 Å². The summed E-state index contributed by atoms with van der Waals surface area (Å²) in [5.74, 6) is 1.14. The van der Waals surface area contributed by atoms with Gasteiger partial charge in [0.1, 0.15) is 5.82 Å². The molecule has 0 spiro atoms. The van der Waals surface area contributed by atoms with Crippen molar-refractivity contribution < 1.29 is 0 Å². The molecular weight excluding hydrogens is 258 g/mol. The van der Waals surface area contributed by atoms with Crippen molar-refractivity contribution in [2.24, 2.45) is 5.41 Å². The van der Waals surface area contributed by atoms with E-state index < -0.39 is 0 Å². The van der Waals surface area contributed by atoms with Crippen LogP contribution < -0.4 is 10.2 Å². The zero-order chi connectivity index (χ0) is 15.7. The fourth-order valence-electron chi connectivity index (χ4n) is 2.64. The molecule has 1 N–H and O–H groups in total. The van der Waals surface area contributed by atoms with Crippen molar-refractivity contribution in [3.63, 3.8) is 0 Å². The van der Waals surface area contributed by atoms with E-state index in [1.165, 1.54) is 18.4 Å². The summed E-state index contributed by atoms with van der Waals surface area (Å²) in [6, 6.07) is 4.42. The van der Waals surface area contributed by atoms with E-state index in [1.807, 2.05) is 0 Å². The molecule has 0 bridgehead atoms. The Kier molecular flexibility index (Phi) is 4.62. The molecule has 1 aromatic rings. The number of anilines is 1. The minimum Gasteiger partial charge on any atom is -0.357 e. The Balaban J connectivity index is 2.02. The van der Waals surface area contributed by atoms with Crippen LogP contribution in [0, 0.1) is 12.3 Å². The SMILES string of the molecule is Cc1nc(N2CCC(C)(C)CC2)ccc1CNC(C)(C)C. The molecule has 0 aliphatic carbocycles. The summed E-state index contributed by atoms with van der Waals surface area (Å²) >= 11 is 0. The Labute approximate surface area is 130 Å². The average molecular weight is 289 g/mol. The fraction of sp³-hybridized carbons (Fsp3) is 0.722. The van der Waals surface area contributed by atoms with Gasteiger partial charge in [0.2, 0.25) is 0 Å². The highest BCUT2D eigenvalue weighted by Crippen LogP contribution is 2.31. The van der Waals surface area contributed by atoms with Gasteiger partial charge in [-0.3, -0.25) is 0 Å². The second-order valence-corrected chi connectivity index (χ2v) is 8.17. The average Bonchev–Trinajstić information content (AvgIpc) is 2.36.